The second-order valence-electron chi connectivity index (χ2n) is 7.60. The number of carbonyl (C=O) groups is 2. The minimum absolute atomic E-state index is 0.000302. The normalized spacial score (nSPS) is 32.9. The largest absolute Gasteiger partial charge is 0.294 e. The van der Waals surface area contributed by atoms with Crippen LogP contribution in [0.4, 0.5) is 0 Å². The van der Waals surface area contributed by atoms with Crippen molar-refractivity contribution in [1.29, 1.82) is 0 Å². The van der Waals surface area contributed by atoms with Crippen LogP contribution in [0, 0.1) is 11.8 Å². The molecule has 0 aliphatic heterocycles. The zero-order valence-electron chi connectivity index (χ0n) is 13.5. The zero-order chi connectivity index (χ0) is 15.1. The molecule has 0 saturated heterocycles. The maximum absolute atomic E-state index is 12.9. The molecular formula is C20H26O2. The predicted molar refractivity (Wildman–Crippen MR) is 86.5 cm³/mol. The first-order valence-electron chi connectivity index (χ1n) is 9.26. The van der Waals surface area contributed by atoms with E-state index in [2.05, 4.69) is 0 Å². The number of ketones is 2. The highest BCUT2D eigenvalue weighted by Crippen LogP contribution is 2.44. The van der Waals surface area contributed by atoms with Crippen molar-refractivity contribution in [2.75, 3.05) is 0 Å². The molecular weight excluding hydrogens is 272 g/mol. The molecule has 4 aliphatic rings. The van der Waals surface area contributed by atoms with Crippen LogP contribution in [0.5, 0.6) is 0 Å². The number of allylic oxidation sites excluding steroid dienone is 4. The minimum atomic E-state index is 0.000302. The van der Waals surface area contributed by atoms with Gasteiger partial charge in [0, 0.05) is 11.8 Å². The second kappa shape index (κ2) is 5.79. The lowest BCUT2D eigenvalue weighted by Crippen LogP contribution is -2.37. The molecule has 2 unspecified atom stereocenters. The first-order valence-corrected chi connectivity index (χ1v) is 9.26. The van der Waals surface area contributed by atoms with Gasteiger partial charge in [-0.25, -0.2) is 0 Å². The van der Waals surface area contributed by atoms with E-state index < -0.39 is 0 Å². The summed E-state index contributed by atoms with van der Waals surface area (Å²) >= 11 is 0. The summed E-state index contributed by atoms with van der Waals surface area (Å²) in [5.74, 6) is 0.693. The van der Waals surface area contributed by atoms with E-state index in [4.69, 9.17) is 0 Å². The van der Waals surface area contributed by atoms with Crippen LogP contribution in [-0.4, -0.2) is 11.6 Å². The summed E-state index contributed by atoms with van der Waals surface area (Å²) in [5, 5.41) is 0. The maximum atomic E-state index is 12.9. The van der Waals surface area contributed by atoms with Gasteiger partial charge in [-0.2, -0.15) is 0 Å². The van der Waals surface area contributed by atoms with Crippen LogP contribution in [0.2, 0.25) is 0 Å². The molecule has 0 radical (unpaired) electrons. The molecule has 0 bridgehead atoms. The molecule has 0 fully saturated rings. The molecule has 2 atom stereocenters. The van der Waals surface area contributed by atoms with Gasteiger partial charge in [-0.05, 0) is 88.2 Å². The van der Waals surface area contributed by atoms with Gasteiger partial charge in [0.15, 0.2) is 11.6 Å². The van der Waals surface area contributed by atoms with Crippen LogP contribution in [0.25, 0.3) is 0 Å². The number of Topliss-reactive ketones (excluding diaryl/α,β-unsaturated/α-hetero) is 2. The predicted octanol–water partition coefficient (Wildman–Crippen LogP) is 4.69. The average molecular weight is 298 g/mol. The summed E-state index contributed by atoms with van der Waals surface area (Å²) in [7, 11) is 0. The maximum Gasteiger partial charge on any atom is 0.162 e. The Morgan fingerprint density at radius 2 is 0.955 bits per heavy atom. The van der Waals surface area contributed by atoms with Crippen molar-refractivity contribution >= 4 is 11.6 Å². The zero-order valence-corrected chi connectivity index (χ0v) is 13.5. The summed E-state index contributed by atoms with van der Waals surface area (Å²) in [6, 6.07) is 0. The molecule has 0 aromatic heterocycles. The molecule has 0 heterocycles. The highest BCUT2D eigenvalue weighted by atomic mass is 16.1. The molecule has 2 nitrogen and oxygen atoms in total. The molecule has 4 rings (SSSR count). The number of hydrogen-bond acceptors (Lipinski definition) is 2. The number of hydrogen-bond donors (Lipinski definition) is 0. The van der Waals surface area contributed by atoms with Crippen LogP contribution < -0.4 is 0 Å². The lowest BCUT2D eigenvalue weighted by Gasteiger charge is -2.36. The van der Waals surface area contributed by atoms with E-state index in [9.17, 15) is 9.59 Å². The van der Waals surface area contributed by atoms with Gasteiger partial charge < -0.3 is 0 Å². The smallest absolute Gasteiger partial charge is 0.162 e. The Morgan fingerprint density at radius 3 is 1.41 bits per heavy atom. The third-order valence-electron chi connectivity index (χ3n) is 6.43. The van der Waals surface area contributed by atoms with Crippen molar-refractivity contribution in [3.05, 3.63) is 22.3 Å². The van der Waals surface area contributed by atoms with Gasteiger partial charge >= 0.3 is 0 Å². The summed E-state index contributed by atoms with van der Waals surface area (Å²) in [6.07, 6.45) is 13.0. The van der Waals surface area contributed by atoms with Gasteiger partial charge in [-0.3, -0.25) is 9.59 Å². The second-order valence-corrected chi connectivity index (χ2v) is 7.60. The van der Waals surface area contributed by atoms with E-state index in [0.29, 0.717) is 11.6 Å². The van der Waals surface area contributed by atoms with Crippen molar-refractivity contribution in [2.45, 2.75) is 77.0 Å². The molecule has 4 aliphatic carbocycles. The Balaban J connectivity index is 1.58. The summed E-state index contributed by atoms with van der Waals surface area (Å²) < 4.78 is 0. The Morgan fingerprint density at radius 1 is 0.545 bits per heavy atom. The molecule has 22 heavy (non-hydrogen) atoms. The third-order valence-corrected chi connectivity index (χ3v) is 6.43. The molecule has 0 spiro atoms. The van der Waals surface area contributed by atoms with E-state index in [1.807, 2.05) is 0 Å². The van der Waals surface area contributed by atoms with Crippen molar-refractivity contribution in [1.82, 2.24) is 0 Å². The standard InChI is InChI=1S/C20H26O2/c21-19-15-7-3-1-5-13(15)9-11-17(19)18-12-10-14-6-2-4-8-16(14)20(18)22/h17-18H,1-12H2. The fourth-order valence-electron chi connectivity index (χ4n) is 5.22. The van der Waals surface area contributed by atoms with Crippen molar-refractivity contribution in [3.63, 3.8) is 0 Å². The topological polar surface area (TPSA) is 34.1 Å². The van der Waals surface area contributed by atoms with E-state index >= 15 is 0 Å². The molecule has 0 N–H and O–H groups in total. The van der Waals surface area contributed by atoms with Crippen LogP contribution in [0.15, 0.2) is 22.3 Å². The molecule has 0 saturated carbocycles. The van der Waals surface area contributed by atoms with Gasteiger partial charge in [0.25, 0.3) is 0 Å². The number of rotatable bonds is 1. The highest BCUT2D eigenvalue weighted by molar-refractivity contribution is 6.06. The molecule has 0 aromatic rings. The van der Waals surface area contributed by atoms with E-state index in [1.165, 1.54) is 24.0 Å². The van der Waals surface area contributed by atoms with Crippen molar-refractivity contribution in [2.24, 2.45) is 11.8 Å². The van der Waals surface area contributed by atoms with Crippen LogP contribution in [0.1, 0.15) is 77.0 Å². The van der Waals surface area contributed by atoms with Crippen LogP contribution in [0.3, 0.4) is 0 Å². The first-order chi connectivity index (χ1) is 10.8. The van der Waals surface area contributed by atoms with Gasteiger partial charge in [0.1, 0.15) is 0 Å². The first kappa shape index (κ1) is 14.4. The SMILES string of the molecule is O=C1C2=C(CCCC2)CCC1C1CCC2=C(CCCC2)C1=O. The summed E-state index contributed by atoms with van der Waals surface area (Å²) in [6.45, 7) is 0. The third kappa shape index (κ3) is 2.31. The summed E-state index contributed by atoms with van der Waals surface area (Å²) in [4.78, 5) is 25.9. The molecule has 118 valence electrons. The van der Waals surface area contributed by atoms with Crippen LogP contribution >= 0.6 is 0 Å². The fourth-order valence-corrected chi connectivity index (χ4v) is 5.22. The lowest BCUT2D eigenvalue weighted by molar-refractivity contribution is -0.130. The van der Waals surface area contributed by atoms with E-state index in [-0.39, 0.29) is 11.8 Å². The molecule has 0 amide bonds. The van der Waals surface area contributed by atoms with E-state index in [0.717, 1.165) is 75.4 Å². The lowest BCUT2D eigenvalue weighted by atomic mass is 9.66. The van der Waals surface area contributed by atoms with Gasteiger partial charge in [0.2, 0.25) is 0 Å². The average Bonchev–Trinajstić information content (AvgIpc) is 2.57. The van der Waals surface area contributed by atoms with Crippen molar-refractivity contribution in [3.8, 4) is 0 Å². The Kier molecular flexibility index (Phi) is 3.79. The molecule has 2 heteroatoms. The number of carbonyl (C=O) groups excluding carboxylic acids is 2. The van der Waals surface area contributed by atoms with Crippen LogP contribution in [-0.2, 0) is 9.59 Å². The Hall–Kier alpha value is -1.18. The Bertz CT molecular complexity index is 527. The fraction of sp³-hybridized carbons (Fsp3) is 0.700. The van der Waals surface area contributed by atoms with Crippen molar-refractivity contribution < 1.29 is 9.59 Å². The molecule has 0 aromatic carbocycles. The van der Waals surface area contributed by atoms with Gasteiger partial charge in [-0.1, -0.05) is 11.1 Å². The quantitative estimate of drug-likeness (QED) is 0.704. The van der Waals surface area contributed by atoms with Gasteiger partial charge in [0.05, 0.1) is 0 Å². The highest BCUT2D eigenvalue weighted by Gasteiger charge is 2.41. The minimum Gasteiger partial charge on any atom is -0.294 e. The monoisotopic (exact) mass is 298 g/mol. The Labute approximate surface area is 133 Å². The van der Waals surface area contributed by atoms with E-state index in [1.54, 1.807) is 0 Å². The van der Waals surface area contributed by atoms with Gasteiger partial charge in [-0.15, -0.1) is 0 Å². The summed E-state index contributed by atoms with van der Waals surface area (Å²) in [5.41, 5.74) is 5.10.